The topological polar surface area (TPSA) is 62.4 Å². The van der Waals surface area contributed by atoms with E-state index in [2.05, 4.69) is 39.3 Å². The van der Waals surface area contributed by atoms with E-state index in [4.69, 9.17) is 4.52 Å². The van der Waals surface area contributed by atoms with Crippen molar-refractivity contribution in [1.82, 2.24) is 15.0 Å². The van der Waals surface area contributed by atoms with Crippen molar-refractivity contribution in [3.8, 4) is 0 Å². The second-order valence-electron chi connectivity index (χ2n) is 6.80. The number of aliphatic hydroxyl groups is 1. The second-order valence-corrected chi connectivity index (χ2v) is 6.80. The molecule has 1 atom stereocenters. The Hall–Kier alpha value is -1.72. The Morgan fingerprint density at radius 3 is 2.57 bits per heavy atom. The summed E-state index contributed by atoms with van der Waals surface area (Å²) in [6.07, 6.45) is 4.74. The van der Waals surface area contributed by atoms with E-state index in [9.17, 15) is 5.11 Å². The number of hydrogen-bond acceptors (Lipinski definition) is 5. The molecule has 23 heavy (non-hydrogen) atoms. The quantitative estimate of drug-likeness (QED) is 0.812. The molecule has 2 saturated carbocycles. The molecule has 0 radical (unpaired) electrons. The summed E-state index contributed by atoms with van der Waals surface area (Å²) >= 11 is 0. The van der Waals surface area contributed by atoms with Crippen LogP contribution in [0.15, 0.2) is 34.9 Å². The van der Waals surface area contributed by atoms with Gasteiger partial charge < -0.3 is 9.63 Å². The molecular weight excluding hydrogens is 290 g/mol. The first kappa shape index (κ1) is 14.8. The number of hydrogen-bond donors (Lipinski definition) is 1. The third-order valence-electron chi connectivity index (χ3n) is 4.81. The van der Waals surface area contributed by atoms with Crippen LogP contribution in [-0.2, 0) is 13.1 Å². The smallest absolute Gasteiger partial charge is 0.229 e. The van der Waals surface area contributed by atoms with Crippen LogP contribution in [0.3, 0.4) is 0 Å². The highest BCUT2D eigenvalue weighted by molar-refractivity contribution is 5.15. The molecule has 1 unspecified atom stereocenters. The molecular formula is C18H23N3O2. The third-order valence-corrected chi connectivity index (χ3v) is 4.81. The van der Waals surface area contributed by atoms with E-state index in [0.29, 0.717) is 18.4 Å². The Balaban J connectivity index is 1.50. The number of rotatable bonds is 8. The van der Waals surface area contributed by atoms with Gasteiger partial charge in [0.2, 0.25) is 5.89 Å². The van der Waals surface area contributed by atoms with Gasteiger partial charge in [0.05, 0.1) is 13.2 Å². The molecule has 0 amide bonds. The molecule has 2 fully saturated rings. The number of aromatic nitrogens is 2. The van der Waals surface area contributed by atoms with Gasteiger partial charge in [0.15, 0.2) is 5.82 Å². The zero-order chi connectivity index (χ0) is 15.6. The highest BCUT2D eigenvalue weighted by Gasteiger charge is 2.36. The van der Waals surface area contributed by atoms with Gasteiger partial charge in [-0.25, -0.2) is 0 Å². The lowest BCUT2D eigenvalue weighted by Gasteiger charge is -2.29. The summed E-state index contributed by atoms with van der Waals surface area (Å²) in [6.45, 7) is 1.62. The van der Waals surface area contributed by atoms with Gasteiger partial charge in [-0.3, -0.25) is 4.90 Å². The van der Waals surface area contributed by atoms with Crippen LogP contribution in [0, 0.1) is 5.92 Å². The summed E-state index contributed by atoms with van der Waals surface area (Å²) in [6, 6.07) is 10.6. The lowest BCUT2D eigenvalue weighted by molar-refractivity contribution is 0.0914. The van der Waals surface area contributed by atoms with Crippen molar-refractivity contribution in [2.45, 2.75) is 50.7 Å². The van der Waals surface area contributed by atoms with Crippen LogP contribution >= 0.6 is 0 Å². The fraction of sp³-hybridized carbons (Fsp3) is 0.556. The van der Waals surface area contributed by atoms with Crippen LogP contribution in [0.4, 0.5) is 0 Å². The lowest BCUT2D eigenvalue weighted by atomic mass is 10.1. The van der Waals surface area contributed by atoms with Crippen LogP contribution in [0.25, 0.3) is 0 Å². The molecule has 2 aliphatic carbocycles. The normalized spacial score (nSPS) is 19.2. The molecule has 0 spiro atoms. The van der Waals surface area contributed by atoms with Crippen molar-refractivity contribution in [1.29, 1.82) is 0 Å². The van der Waals surface area contributed by atoms with Gasteiger partial charge in [-0.05, 0) is 37.2 Å². The zero-order valence-corrected chi connectivity index (χ0v) is 13.3. The summed E-state index contributed by atoms with van der Waals surface area (Å²) in [5.74, 6) is 2.60. The van der Waals surface area contributed by atoms with Crippen molar-refractivity contribution in [2.24, 2.45) is 5.92 Å². The standard InChI is InChI=1S/C18H23N3O2/c22-12-16(14-6-7-14)21(10-13-4-2-1-3-5-13)11-17-19-18(23-20-17)15-8-9-15/h1-5,14-16,22H,6-12H2. The Bertz CT molecular complexity index is 635. The second kappa shape index (κ2) is 6.42. The minimum atomic E-state index is 0.179. The van der Waals surface area contributed by atoms with Gasteiger partial charge in [0.1, 0.15) is 0 Å². The average Bonchev–Trinajstić information content (AvgIpc) is 3.49. The maximum absolute atomic E-state index is 9.86. The van der Waals surface area contributed by atoms with Crippen molar-refractivity contribution in [3.63, 3.8) is 0 Å². The first-order chi connectivity index (χ1) is 11.3. The van der Waals surface area contributed by atoms with E-state index < -0.39 is 0 Å². The Morgan fingerprint density at radius 2 is 1.91 bits per heavy atom. The zero-order valence-electron chi connectivity index (χ0n) is 13.3. The predicted molar refractivity (Wildman–Crippen MR) is 85.6 cm³/mol. The maximum atomic E-state index is 9.86. The molecule has 1 heterocycles. The van der Waals surface area contributed by atoms with Gasteiger partial charge in [-0.1, -0.05) is 35.5 Å². The van der Waals surface area contributed by atoms with E-state index in [0.717, 1.165) is 31.1 Å². The van der Waals surface area contributed by atoms with Crippen LogP contribution in [0.2, 0.25) is 0 Å². The number of benzene rings is 1. The number of aliphatic hydroxyl groups excluding tert-OH is 1. The molecule has 5 nitrogen and oxygen atoms in total. The average molecular weight is 313 g/mol. The number of nitrogens with zero attached hydrogens (tertiary/aromatic N) is 3. The predicted octanol–water partition coefficient (Wildman–Crippen LogP) is 2.72. The van der Waals surface area contributed by atoms with Crippen LogP contribution in [0.5, 0.6) is 0 Å². The summed E-state index contributed by atoms with van der Waals surface area (Å²) in [4.78, 5) is 6.85. The van der Waals surface area contributed by atoms with Gasteiger partial charge in [-0.15, -0.1) is 0 Å². The first-order valence-corrected chi connectivity index (χ1v) is 8.55. The van der Waals surface area contributed by atoms with E-state index >= 15 is 0 Å². The molecule has 2 aliphatic rings. The van der Waals surface area contributed by atoms with Crippen LogP contribution in [0.1, 0.15) is 48.9 Å². The highest BCUT2D eigenvalue weighted by Crippen LogP contribution is 2.39. The van der Waals surface area contributed by atoms with E-state index in [-0.39, 0.29) is 12.6 Å². The molecule has 1 aromatic heterocycles. The Kier molecular flexibility index (Phi) is 4.14. The fourth-order valence-electron chi connectivity index (χ4n) is 3.16. The van der Waals surface area contributed by atoms with Crippen molar-refractivity contribution < 1.29 is 9.63 Å². The van der Waals surface area contributed by atoms with E-state index in [1.54, 1.807) is 0 Å². The highest BCUT2D eigenvalue weighted by atomic mass is 16.5. The lowest BCUT2D eigenvalue weighted by Crippen LogP contribution is -2.39. The molecule has 0 bridgehead atoms. The molecule has 122 valence electrons. The third kappa shape index (κ3) is 3.62. The van der Waals surface area contributed by atoms with Crippen LogP contribution < -0.4 is 0 Å². The van der Waals surface area contributed by atoms with Crippen molar-refractivity contribution in [3.05, 3.63) is 47.6 Å². The molecule has 1 N–H and O–H groups in total. The van der Waals surface area contributed by atoms with E-state index in [1.165, 1.54) is 18.4 Å². The molecule has 4 rings (SSSR count). The summed E-state index contributed by atoms with van der Waals surface area (Å²) in [5.41, 5.74) is 1.25. The first-order valence-electron chi connectivity index (χ1n) is 8.55. The monoisotopic (exact) mass is 313 g/mol. The summed E-state index contributed by atoms with van der Waals surface area (Å²) < 4.78 is 5.38. The van der Waals surface area contributed by atoms with Crippen LogP contribution in [-0.4, -0.2) is 32.8 Å². The van der Waals surface area contributed by atoms with Gasteiger partial charge in [-0.2, -0.15) is 4.98 Å². The summed E-state index contributed by atoms with van der Waals surface area (Å²) in [5, 5.41) is 14.0. The van der Waals surface area contributed by atoms with Crippen molar-refractivity contribution in [2.75, 3.05) is 6.61 Å². The molecule has 2 aromatic rings. The molecule has 1 aromatic carbocycles. The molecule has 0 saturated heterocycles. The summed E-state index contributed by atoms with van der Waals surface area (Å²) in [7, 11) is 0. The van der Waals surface area contributed by atoms with Gasteiger partial charge >= 0.3 is 0 Å². The SMILES string of the molecule is OCC(C1CC1)N(Cc1ccccc1)Cc1noc(C2CC2)n1. The van der Waals surface area contributed by atoms with Gasteiger partial charge in [0.25, 0.3) is 0 Å². The Morgan fingerprint density at radius 1 is 1.13 bits per heavy atom. The van der Waals surface area contributed by atoms with E-state index in [1.807, 2.05) is 6.07 Å². The molecule has 5 heteroatoms. The largest absolute Gasteiger partial charge is 0.395 e. The molecule has 0 aliphatic heterocycles. The minimum absolute atomic E-state index is 0.179. The van der Waals surface area contributed by atoms with Gasteiger partial charge in [0, 0.05) is 18.5 Å². The fourth-order valence-corrected chi connectivity index (χ4v) is 3.16. The minimum Gasteiger partial charge on any atom is -0.395 e. The maximum Gasteiger partial charge on any atom is 0.229 e. The Labute approximate surface area is 136 Å². The van der Waals surface area contributed by atoms with Crippen molar-refractivity contribution >= 4 is 0 Å².